The Morgan fingerprint density at radius 2 is 2.50 bits per heavy atom. The summed E-state index contributed by atoms with van der Waals surface area (Å²) in [6, 6.07) is 0. The summed E-state index contributed by atoms with van der Waals surface area (Å²) in [4.78, 5) is 3.74. The van der Waals surface area contributed by atoms with Crippen molar-refractivity contribution < 1.29 is 0 Å². The molecular weight excluding hydrogens is 102 g/mol. The maximum Gasteiger partial charge on any atom is 0.157 e. The van der Waals surface area contributed by atoms with E-state index >= 15 is 0 Å². The van der Waals surface area contributed by atoms with Gasteiger partial charge < -0.3 is 0 Å². The summed E-state index contributed by atoms with van der Waals surface area (Å²) in [5, 5.41) is 7.25. The third-order valence-corrected chi connectivity index (χ3v) is 0.645. The molecule has 0 fully saturated rings. The van der Waals surface area contributed by atoms with Crippen molar-refractivity contribution in [3.05, 3.63) is 6.08 Å². The number of hydrogen-bond donors (Lipinski definition) is 0. The van der Waals surface area contributed by atoms with Gasteiger partial charge in [-0.05, 0) is 12.8 Å². The highest BCUT2D eigenvalue weighted by Crippen LogP contribution is 1.81. The van der Waals surface area contributed by atoms with Gasteiger partial charge in [0, 0.05) is 6.08 Å². The third-order valence-electron chi connectivity index (χ3n) is 0.645. The predicted octanol–water partition coefficient (Wildman–Crippen LogP) is 0.630. The first-order valence-electron chi connectivity index (χ1n) is 2.25. The molecular formula is C5H5N3. The van der Waals surface area contributed by atoms with Crippen molar-refractivity contribution in [1.29, 1.82) is 0 Å². The molecule has 3 nitrogen and oxygen atoms in total. The van der Waals surface area contributed by atoms with E-state index in [-0.39, 0.29) is 0 Å². The number of rotatable bonds is 0. The lowest BCUT2D eigenvalue weighted by molar-refractivity contribution is 1.23. The highest BCUT2D eigenvalue weighted by molar-refractivity contribution is 5.93. The van der Waals surface area contributed by atoms with Crippen LogP contribution < -0.4 is 0 Å². The fraction of sp³-hybridized carbons (Fsp3) is 0.200. The summed E-state index contributed by atoms with van der Waals surface area (Å²) in [5.41, 5.74) is 0. The second kappa shape index (κ2) is 2.19. The SMILES string of the molecule is CC1=NN=CC=C=N1. The Bertz CT molecular complexity index is 194. The first-order valence-corrected chi connectivity index (χ1v) is 2.25. The van der Waals surface area contributed by atoms with E-state index in [9.17, 15) is 0 Å². The summed E-state index contributed by atoms with van der Waals surface area (Å²) >= 11 is 0. The van der Waals surface area contributed by atoms with Crippen LogP contribution in [0.2, 0.25) is 0 Å². The maximum atomic E-state index is 3.74. The van der Waals surface area contributed by atoms with Gasteiger partial charge in [-0.1, -0.05) is 0 Å². The number of amidine groups is 1. The van der Waals surface area contributed by atoms with Crippen LogP contribution in [0.3, 0.4) is 0 Å². The highest BCUT2D eigenvalue weighted by Gasteiger charge is 1.80. The second-order valence-corrected chi connectivity index (χ2v) is 1.32. The van der Waals surface area contributed by atoms with E-state index < -0.39 is 0 Å². The van der Waals surface area contributed by atoms with E-state index in [2.05, 4.69) is 21.1 Å². The molecule has 40 valence electrons. The van der Waals surface area contributed by atoms with Crippen molar-refractivity contribution in [2.24, 2.45) is 15.2 Å². The van der Waals surface area contributed by atoms with Crippen LogP contribution in [0, 0.1) is 0 Å². The van der Waals surface area contributed by atoms with Crippen LogP contribution in [0.4, 0.5) is 0 Å². The zero-order valence-electron chi connectivity index (χ0n) is 4.50. The largest absolute Gasteiger partial charge is 0.189 e. The number of nitrogens with zero attached hydrogens (tertiary/aromatic N) is 3. The maximum absolute atomic E-state index is 3.74. The summed E-state index contributed by atoms with van der Waals surface area (Å²) in [5.74, 6) is 3.25. The first-order chi connectivity index (χ1) is 3.89. The molecule has 0 aliphatic carbocycles. The molecule has 0 spiro atoms. The van der Waals surface area contributed by atoms with Gasteiger partial charge >= 0.3 is 0 Å². The Balaban J connectivity index is 2.94. The number of hydrogen-bond acceptors (Lipinski definition) is 3. The Labute approximate surface area is 47.2 Å². The quantitative estimate of drug-likeness (QED) is 0.435. The minimum absolute atomic E-state index is 0.634. The molecule has 1 rings (SSSR count). The molecule has 0 atom stereocenters. The van der Waals surface area contributed by atoms with Gasteiger partial charge in [0.25, 0.3) is 0 Å². The summed E-state index contributed by atoms with van der Waals surface area (Å²) in [6.45, 7) is 1.77. The van der Waals surface area contributed by atoms with Crippen LogP contribution >= 0.6 is 0 Å². The van der Waals surface area contributed by atoms with Gasteiger partial charge in [0.15, 0.2) is 5.84 Å². The fourth-order valence-corrected chi connectivity index (χ4v) is 0.337. The molecule has 3 heteroatoms. The molecule has 0 aromatic carbocycles. The van der Waals surface area contributed by atoms with Gasteiger partial charge in [0.05, 0.1) is 6.21 Å². The minimum atomic E-state index is 0.634. The van der Waals surface area contributed by atoms with Crippen LogP contribution in [0.25, 0.3) is 0 Å². The Hall–Kier alpha value is -1.21. The molecule has 8 heavy (non-hydrogen) atoms. The van der Waals surface area contributed by atoms with E-state index in [1.54, 1.807) is 19.2 Å². The molecule has 0 aromatic heterocycles. The molecule has 0 N–H and O–H groups in total. The van der Waals surface area contributed by atoms with Crippen molar-refractivity contribution in [1.82, 2.24) is 0 Å². The van der Waals surface area contributed by atoms with Crippen molar-refractivity contribution in [2.75, 3.05) is 0 Å². The smallest absolute Gasteiger partial charge is 0.157 e. The third kappa shape index (κ3) is 1.13. The summed E-state index contributed by atoms with van der Waals surface area (Å²) in [6.07, 6.45) is 3.15. The van der Waals surface area contributed by atoms with Gasteiger partial charge in [-0.3, -0.25) is 0 Å². The normalized spacial score (nSPS) is 15.9. The number of allylic oxidation sites excluding steroid dienone is 1. The molecule has 0 saturated heterocycles. The van der Waals surface area contributed by atoms with Gasteiger partial charge in [-0.25, -0.2) is 0 Å². The summed E-state index contributed by atoms with van der Waals surface area (Å²) < 4.78 is 0. The van der Waals surface area contributed by atoms with Crippen LogP contribution in [0.1, 0.15) is 6.92 Å². The molecule has 0 radical (unpaired) electrons. The van der Waals surface area contributed by atoms with E-state index in [0.29, 0.717) is 5.84 Å². The van der Waals surface area contributed by atoms with Gasteiger partial charge in [-0.2, -0.15) is 10.1 Å². The lowest BCUT2D eigenvalue weighted by Gasteiger charge is -1.76. The Morgan fingerprint density at radius 3 is 3.38 bits per heavy atom. The van der Waals surface area contributed by atoms with Crippen molar-refractivity contribution >= 4 is 17.9 Å². The second-order valence-electron chi connectivity index (χ2n) is 1.32. The van der Waals surface area contributed by atoms with Gasteiger partial charge in [-0.15, -0.1) is 5.10 Å². The Kier molecular flexibility index (Phi) is 1.35. The first kappa shape index (κ1) is 4.94. The molecule has 1 aliphatic heterocycles. The van der Waals surface area contributed by atoms with E-state index in [1.807, 2.05) is 0 Å². The van der Waals surface area contributed by atoms with Crippen molar-refractivity contribution in [2.45, 2.75) is 6.92 Å². The molecule has 0 saturated carbocycles. The van der Waals surface area contributed by atoms with E-state index in [1.165, 1.54) is 0 Å². The lowest BCUT2D eigenvalue weighted by atomic mass is 10.7. The average molecular weight is 107 g/mol. The molecule has 0 unspecified atom stereocenters. The van der Waals surface area contributed by atoms with Crippen LogP contribution in [-0.4, -0.2) is 17.9 Å². The van der Waals surface area contributed by atoms with E-state index in [0.717, 1.165) is 0 Å². The fourth-order valence-electron chi connectivity index (χ4n) is 0.337. The van der Waals surface area contributed by atoms with Gasteiger partial charge in [0.1, 0.15) is 0 Å². The summed E-state index contributed by atoms with van der Waals surface area (Å²) in [7, 11) is 0. The van der Waals surface area contributed by atoms with E-state index in [4.69, 9.17) is 0 Å². The van der Waals surface area contributed by atoms with Gasteiger partial charge in [0.2, 0.25) is 0 Å². The zero-order chi connectivity index (χ0) is 5.82. The molecule has 0 bridgehead atoms. The topological polar surface area (TPSA) is 37.1 Å². The molecule has 1 heterocycles. The predicted molar refractivity (Wildman–Crippen MR) is 33.6 cm³/mol. The molecule has 0 aromatic rings. The van der Waals surface area contributed by atoms with Crippen LogP contribution in [0.5, 0.6) is 0 Å². The average Bonchev–Trinajstić information content (AvgIpc) is 1.94. The van der Waals surface area contributed by atoms with Crippen molar-refractivity contribution in [3.63, 3.8) is 0 Å². The van der Waals surface area contributed by atoms with Crippen LogP contribution in [-0.2, 0) is 0 Å². The monoisotopic (exact) mass is 107 g/mol. The van der Waals surface area contributed by atoms with Crippen molar-refractivity contribution in [3.8, 4) is 0 Å². The lowest BCUT2D eigenvalue weighted by Crippen LogP contribution is -1.78. The molecule has 1 aliphatic rings. The zero-order valence-corrected chi connectivity index (χ0v) is 4.50. The molecule has 0 amide bonds. The van der Waals surface area contributed by atoms with Crippen LogP contribution in [0.15, 0.2) is 21.3 Å². The minimum Gasteiger partial charge on any atom is -0.189 e. The Morgan fingerprint density at radius 1 is 1.62 bits per heavy atom. The standard InChI is InChI=1S/C5H5N3/c1-5-6-3-2-4-7-8-5/h2,4H,1H3. The highest BCUT2D eigenvalue weighted by atomic mass is 15.2. The number of aliphatic imine (C=N–C) groups is 1.